The van der Waals surface area contributed by atoms with Crippen LogP contribution in [-0.4, -0.2) is 42.9 Å². The number of unbranched alkanes of at least 4 members (excludes halogenated alkanes) is 1. The minimum atomic E-state index is -0.888. The number of carbonyl (C=O) groups is 1. The summed E-state index contributed by atoms with van der Waals surface area (Å²) in [5.74, 6) is 2.78. The number of nitrogens with zero attached hydrogens (tertiary/aromatic N) is 1. The number of amides is 1. The quantitative estimate of drug-likeness (QED) is 0.0421. The molecule has 0 heterocycles. The first-order valence-electron chi connectivity index (χ1n) is 20.3. The molecule has 9 nitrogen and oxygen atoms in total. The van der Waals surface area contributed by atoms with Gasteiger partial charge in [0.25, 0.3) is 5.69 Å². The van der Waals surface area contributed by atoms with Crippen molar-refractivity contribution in [1.82, 2.24) is 0 Å². The Bertz CT molecular complexity index is 1890. The van der Waals surface area contributed by atoms with Crippen molar-refractivity contribution in [2.75, 3.05) is 20.8 Å². The molecule has 0 radical (unpaired) electrons. The van der Waals surface area contributed by atoms with E-state index in [4.69, 9.17) is 19.9 Å². The molecule has 296 valence electrons. The van der Waals surface area contributed by atoms with Crippen molar-refractivity contribution >= 4 is 11.6 Å². The number of carbonyl (C=O) groups excluding carboxylic acids is 1. The van der Waals surface area contributed by atoms with Gasteiger partial charge in [-0.15, -0.1) is 0 Å². The van der Waals surface area contributed by atoms with Crippen LogP contribution in [0.4, 0.5) is 5.69 Å². The van der Waals surface area contributed by atoms with Crippen LogP contribution in [0.15, 0.2) is 103 Å². The van der Waals surface area contributed by atoms with E-state index in [1.165, 1.54) is 12.0 Å². The van der Waals surface area contributed by atoms with E-state index >= 15 is 0 Å². The Kier molecular flexibility index (Phi) is 11.8. The fourth-order valence-corrected chi connectivity index (χ4v) is 11.4. The van der Waals surface area contributed by atoms with Gasteiger partial charge < -0.3 is 25.1 Å². The second kappa shape index (κ2) is 16.8. The van der Waals surface area contributed by atoms with Crippen LogP contribution in [0.3, 0.4) is 0 Å². The van der Waals surface area contributed by atoms with Gasteiger partial charge in [-0.1, -0.05) is 79.6 Å². The van der Waals surface area contributed by atoms with E-state index in [-0.39, 0.29) is 27.3 Å². The molecule has 56 heavy (non-hydrogen) atoms. The summed E-state index contributed by atoms with van der Waals surface area (Å²) in [6, 6.07) is 33.5. The second-order valence-corrected chi connectivity index (χ2v) is 16.8. The van der Waals surface area contributed by atoms with E-state index in [0.29, 0.717) is 43.6 Å². The molecule has 0 spiro atoms. The van der Waals surface area contributed by atoms with Crippen LogP contribution < -0.4 is 15.2 Å². The van der Waals surface area contributed by atoms with Gasteiger partial charge >= 0.3 is 0 Å². The Morgan fingerprint density at radius 3 is 2.04 bits per heavy atom. The molecule has 8 rings (SSSR count). The van der Waals surface area contributed by atoms with Gasteiger partial charge in [-0.2, -0.15) is 0 Å². The van der Waals surface area contributed by atoms with Crippen molar-refractivity contribution < 1.29 is 29.0 Å². The summed E-state index contributed by atoms with van der Waals surface area (Å²) in [6.45, 7) is 0.446. The Hall–Kier alpha value is -4.73. The van der Waals surface area contributed by atoms with Crippen LogP contribution in [0, 0.1) is 33.3 Å². The number of non-ortho nitro benzene ring substituents is 1. The van der Waals surface area contributed by atoms with Crippen molar-refractivity contribution in [3.63, 3.8) is 0 Å². The summed E-state index contributed by atoms with van der Waals surface area (Å²) < 4.78 is 17.9. The molecule has 0 saturated heterocycles. The Morgan fingerprint density at radius 2 is 1.45 bits per heavy atom. The fourth-order valence-electron chi connectivity index (χ4n) is 11.4. The molecule has 4 aromatic carbocycles. The highest BCUT2D eigenvalue weighted by atomic mass is 16.6. The highest BCUT2D eigenvalue weighted by Gasteiger charge is 2.62. The number of nitro benzene ring substituents is 1. The SMILES string of the molecule is COc1ccc(C(OCCCC(O)CCCCC2C3CC4CC(c5ccc([N+](=O)[O-])cc5)(C3)CC2(CC(N)=O)C4)(c2ccccc2)c2ccc(OC)cc2)cc1. The number of primary amides is 1. The summed E-state index contributed by atoms with van der Waals surface area (Å²) in [7, 11) is 3.32. The van der Waals surface area contributed by atoms with E-state index < -0.39 is 11.7 Å². The van der Waals surface area contributed by atoms with Crippen molar-refractivity contribution in [3.05, 3.63) is 135 Å². The van der Waals surface area contributed by atoms with Crippen LogP contribution in [0.25, 0.3) is 0 Å². The third-order valence-corrected chi connectivity index (χ3v) is 13.4. The molecule has 4 bridgehead atoms. The van der Waals surface area contributed by atoms with Crippen LogP contribution in [0.5, 0.6) is 11.5 Å². The summed E-state index contributed by atoms with van der Waals surface area (Å²) >= 11 is 0. The van der Waals surface area contributed by atoms with Gasteiger partial charge in [-0.05, 0) is 133 Å². The number of aliphatic hydroxyl groups is 1. The third-order valence-electron chi connectivity index (χ3n) is 13.4. The molecule has 6 atom stereocenters. The van der Waals surface area contributed by atoms with E-state index in [1.807, 2.05) is 54.6 Å². The minimum Gasteiger partial charge on any atom is -0.497 e. The maximum atomic E-state index is 12.6. The molecule has 4 aliphatic carbocycles. The number of ether oxygens (including phenoxy) is 3. The van der Waals surface area contributed by atoms with Crippen molar-refractivity contribution in [2.24, 2.45) is 28.9 Å². The lowest BCUT2D eigenvalue weighted by Gasteiger charge is -2.66. The van der Waals surface area contributed by atoms with E-state index in [0.717, 1.165) is 79.6 Å². The molecule has 4 fully saturated rings. The molecule has 0 aromatic heterocycles. The van der Waals surface area contributed by atoms with Crippen LogP contribution in [0.1, 0.15) is 99.3 Å². The van der Waals surface area contributed by atoms with Crippen LogP contribution >= 0.6 is 0 Å². The summed E-state index contributed by atoms with van der Waals surface area (Å²) in [4.78, 5) is 23.6. The fraction of sp³-hybridized carbons (Fsp3) is 0.468. The van der Waals surface area contributed by atoms with E-state index in [9.17, 15) is 20.0 Å². The highest BCUT2D eigenvalue weighted by molar-refractivity contribution is 5.74. The lowest BCUT2D eigenvalue weighted by atomic mass is 9.38. The standard InChI is InChI=1S/C47H56N2O7/c1-54-41-22-16-37(17-23-41)47(36-9-4-3-5-10-36,38-18-24-42(55-2)25-19-38)56-26-8-12-40(50)11-6-7-13-43-34-27-33-28-45(30-34,32-46(43,29-33)31-44(48)51)35-14-20-39(21-15-35)49(52)53/h3-5,9-10,14-25,33-34,40,43,50H,6-8,11-13,26-32H2,1-2H3,(H2,48,51). The van der Waals surface area contributed by atoms with Gasteiger partial charge in [0.2, 0.25) is 5.91 Å². The number of methoxy groups -OCH3 is 2. The molecule has 1 amide bonds. The normalized spacial score (nSPS) is 24.4. The van der Waals surface area contributed by atoms with Crippen molar-refractivity contribution in [3.8, 4) is 11.5 Å². The van der Waals surface area contributed by atoms with Crippen LogP contribution in [0.2, 0.25) is 0 Å². The molecule has 6 unspecified atom stereocenters. The minimum absolute atomic E-state index is 0.0516. The smallest absolute Gasteiger partial charge is 0.269 e. The first-order chi connectivity index (χ1) is 27.1. The van der Waals surface area contributed by atoms with Gasteiger partial charge in [0.05, 0.1) is 25.2 Å². The highest BCUT2D eigenvalue weighted by Crippen LogP contribution is 2.70. The zero-order chi connectivity index (χ0) is 39.3. The van der Waals surface area contributed by atoms with Crippen LogP contribution in [-0.2, 0) is 20.5 Å². The topological polar surface area (TPSA) is 134 Å². The van der Waals surface area contributed by atoms with Crippen molar-refractivity contribution in [1.29, 1.82) is 0 Å². The zero-order valence-electron chi connectivity index (χ0n) is 32.7. The third kappa shape index (κ3) is 7.94. The zero-order valence-corrected chi connectivity index (χ0v) is 32.7. The van der Waals surface area contributed by atoms with E-state index in [1.54, 1.807) is 26.4 Å². The van der Waals surface area contributed by atoms with Gasteiger partial charge in [0, 0.05) is 25.2 Å². The molecule has 0 aliphatic heterocycles. The van der Waals surface area contributed by atoms with Gasteiger partial charge in [0.15, 0.2) is 0 Å². The monoisotopic (exact) mass is 760 g/mol. The molecule has 3 N–H and O–H groups in total. The Labute approximate surface area is 330 Å². The number of nitro groups is 1. The number of aliphatic hydroxyl groups excluding tert-OH is 1. The number of rotatable bonds is 19. The average Bonchev–Trinajstić information content (AvgIpc) is 3.20. The number of hydrogen-bond acceptors (Lipinski definition) is 7. The summed E-state index contributed by atoms with van der Waals surface area (Å²) in [5, 5.41) is 22.5. The summed E-state index contributed by atoms with van der Waals surface area (Å²) in [6.07, 6.45) is 10.2. The number of nitrogens with two attached hydrogens (primary N) is 1. The predicted molar refractivity (Wildman–Crippen MR) is 217 cm³/mol. The number of benzene rings is 4. The average molecular weight is 761 g/mol. The predicted octanol–water partition coefficient (Wildman–Crippen LogP) is 9.26. The van der Waals surface area contributed by atoms with E-state index in [2.05, 4.69) is 36.4 Å². The Morgan fingerprint density at radius 1 is 0.839 bits per heavy atom. The molecule has 4 aliphatic rings. The number of hydrogen-bond donors (Lipinski definition) is 2. The lowest BCUT2D eigenvalue weighted by Crippen LogP contribution is -2.59. The van der Waals surface area contributed by atoms with Gasteiger partial charge in [-0.3, -0.25) is 14.9 Å². The second-order valence-electron chi connectivity index (χ2n) is 16.8. The molecular weight excluding hydrogens is 705 g/mol. The molecule has 9 heteroatoms. The lowest BCUT2D eigenvalue weighted by molar-refractivity contribution is -0.384. The molecular formula is C47H56N2O7. The molecule has 4 aromatic rings. The first-order valence-corrected chi connectivity index (χ1v) is 20.3. The summed E-state index contributed by atoms with van der Waals surface area (Å²) in [5.41, 5.74) is 9.12. The van der Waals surface area contributed by atoms with Crippen molar-refractivity contribution in [2.45, 2.75) is 94.2 Å². The first kappa shape index (κ1) is 39.5. The maximum absolute atomic E-state index is 12.6. The largest absolute Gasteiger partial charge is 0.497 e. The maximum Gasteiger partial charge on any atom is 0.269 e. The van der Waals surface area contributed by atoms with Gasteiger partial charge in [0.1, 0.15) is 17.1 Å². The molecule has 4 saturated carbocycles. The Balaban J connectivity index is 0.978. The van der Waals surface area contributed by atoms with Gasteiger partial charge in [-0.25, -0.2) is 0 Å².